The van der Waals surface area contributed by atoms with Crippen molar-refractivity contribution in [3.8, 4) is 11.6 Å². The van der Waals surface area contributed by atoms with Crippen LogP contribution in [-0.4, -0.2) is 40.5 Å². The van der Waals surface area contributed by atoms with Gasteiger partial charge in [-0.3, -0.25) is 4.79 Å². The van der Waals surface area contributed by atoms with E-state index >= 15 is 0 Å². The normalized spacial score (nSPS) is 20.5. The highest BCUT2D eigenvalue weighted by Gasteiger charge is 2.34. The zero-order chi connectivity index (χ0) is 20.2. The van der Waals surface area contributed by atoms with Crippen molar-refractivity contribution >= 4 is 5.91 Å². The zero-order valence-corrected chi connectivity index (χ0v) is 16.6. The fraction of sp³-hybridized carbons (Fsp3) is 0.500. The van der Waals surface area contributed by atoms with E-state index < -0.39 is 5.82 Å². The number of hydrogen-bond donors (Lipinski definition) is 0. The number of ether oxygens (including phenoxy) is 2. The molecule has 0 N–H and O–H groups in total. The van der Waals surface area contributed by atoms with Crippen LogP contribution in [0, 0.1) is 18.7 Å². The molecule has 1 amide bonds. The largest absolute Gasteiger partial charge is 0.436 e. The molecule has 7 heteroatoms. The lowest BCUT2D eigenvalue weighted by atomic mass is 9.94. The van der Waals surface area contributed by atoms with Gasteiger partial charge in [0.15, 0.2) is 17.4 Å². The maximum atomic E-state index is 14.0. The van der Waals surface area contributed by atoms with E-state index in [-0.39, 0.29) is 23.6 Å². The van der Waals surface area contributed by atoms with Gasteiger partial charge in [0.05, 0.1) is 6.04 Å². The maximum absolute atomic E-state index is 14.0. The number of para-hydroxylation sites is 1. The van der Waals surface area contributed by atoms with Gasteiger partial charge in [-0.2, -0.15) is 4.98 Å². The molecule has 2 aromatic rings. The van der Waals surface area contributed by atoms with E-state index in [2.05, 4.69) is 9.97 Å². The standard InChI is InChI=1S/C22H26FN3O3/c1-15-14-20(29-19-8-3-2-6-17(19)23)25-21(24-15)18-7-4-5-11-26(18)22(27)16-9-12-28-13-10-16/h2-3,6,8,14,16,18H,4-5,7,9-13H2,1H3/t18-/m0/s1. The van der Waals surface area contributed by atoms with Crippen LogP contribution in [0.3, 0.4) is 0 Å². The Balaban J connectivity index is 1.59. The summed E-state index contributed by atoms with van der Waals surface area (Å²) in [6, 6.07) is 7.74. The first-order valence-electron chi connectivity index (χ1n) is 10.3. The Kier molecular flexibility index (Phi) is 6.04. The summed E-state index contributed by atoms with van der Waals surface area (Å²) in [5.74, 6) is 0.704. The van der Waals surface area contributed by atoms with E-state index in [1.54, 1.807) is 24.3 Å². The highest BCUT2D eigenvalue weighted by molar-refractivity contribution is 5.79. The molecule has 0 radical (unpaired) electrons. The van der Waals surface area contributed by atoms with E-state index in [0.717, 1.165) is 37.8 Å². The smallest absolute Gasteiger partial charge is 0.226 e. The van der Waals surface area contributed by atoms with Crippen molar-refractivity contribution in [2.24, 2.45) is 5.92 Å². The molecule has 2 saturated heterocycles. The third-order valence-corrected chi connectivity index (χ3v) is 5.55. The number of amides is 1. The highest BCUT2D eigenvalue weighted by atomic mass is 19.1. The Bertz CT molecular complexity index is 870. The predicted molar refractivity (Wildman–Crippen MR) is 105 cm³/mol. The van der Waals surface area contributed by atoms with E-state index in [0.29, 0.717) is 31.5 Å². The molecule has 6 nitrogen and oxygen atoms in total. The first kappa shape index (κ1) is 19.8. The second-order valence-electron chi connectivity index (χ2n) is 7.67. The molecule has 4 rings (SSSR count). The summed E-state index contributed by atoms with van der Waals surface area (Å²) in [6.45, 7) is 3.83. The van der Waals surface area contributed by atoms with Crippen molar-refractivity contribution < 1.29 is 18.7 Å². The van der Waals surface area contributed by atoms with Crippen LogP contribution in [0.1, 0.15) is 49.7 Å². The number of nitrogens with zero attached hydrogens (tertiary/aromatic N) is 3. The molecule has 0 spiro atoms. The van der Waals surface area contributed by atoms with Gasteiger partial charge in [0.2, 0.25) is 11.8 Å². The molecule has 2 aliphatic heterocycles. The summed E-state index contributed by atoms with van der Waals surface area (Å²) < 4.78 is 25.1. The Labute approximate surface area is 170 Å². The van der Waals surface area contributed by atoms with Crippen molar-refractivity contribution in [2.75, 3.05) is 19.8 Å². The lowest BCUT2D eigenvalue weighted by molar-refractivity contribution is -0.142. The molecule has 1 aromatic carbocycles. The second-order valence-corrected chi connectivity index (χ2v) is 7.67. The lowest BCUT2D eigenvalue weighted by Crippen LogP contribution is -2.43. The quantitative estimate of drug-likeness (QED) is 0.771. The molecule has 0 saturated carbocycles. The number of benzene rings is 1. The molecule has 1 atom stereocenters. The molecule has 2 aliphatic rings. The van der Waals surface area contributed by atoms with Gasteiger partial charge < -0.3 is 14.4 Å². The molecule has 154 valence electrons. The summed E-state index contributed by atoms with van der Waals surface area (Å²) in [6.07, 6.45) is 4.34. The number of likely N-dealkylation sites (tertiary alicyclic amines) is 1. The van der Waals surface area contributed by atoms with Crippen LogP contribution in [0.4, 0.5) is 4.39 Å². The number of aromatic nitrogens is 2. The Morgan fingerprint density at radius 3 is 2.76 bits per heavy atom. The number of halogens is 1. The van der Waals surface area contributed by atoms with Gasteiger partial charge in [-0.05, 0) is 51.2 Å². The molecule has 0 bridgehead atoms. The number of aryl methyl sites for hydroxylation is 1. The van der Waals surface area contributed by atoms with E-state index in [1.807, 2.05) is 11.8 Å². The Morgan fingerprint density at radius 1 is 1.17 bits per heavy atom. The third-order valence-electron chi connectivity index (χ3n) is 5.55. The SMILES string of the molecule is Cc1cc(Oc2ccccc2F)nc([C@@H]2CCCCN2C(=O)C2CCOCC2)n1. The first-order valence-corrected chi connectivity index (χ1v) is 10.3. The van der Waals surface area contributed by atoms with Gasteiger partial charge >= 0.3 is 0 Å². The molecule has 0 aliphatic carbocycles. The van der Waals surface area contributed by atoms with Crippen LogP contribution in [0.25, 0.3) is 0 Å². The van der Waals surface area contributed by atoms with Gasteiger partial charge in [0.1, 0.15) is 0 Å². The van der Waals surface area contributed by atoms with Gasteiger partial charge in [-0.15, -0.1) is 0 Å². The fourth-order valence-corrected chi connectivity index (χ4v) is 4.05. The van der Waals surface area contributed by atoms with Gasteiger partial charge in [-0.25, -0.2) is 9.37 Å². The number of rotatable bonds is 4. The summed E-state index contributed by atoms with van der Waals surface area (Å²) in [4.78, 5) is 24.3. The summed E-state index contributed by atoms with van der Waals surface area (Å²) in [7, 11) is 0. The van der Waals surface area contributed by atoms with Crippen molar-refractivity contribution in [3.63, 3.8) is 0 Å². The number of hydrogen-bond acceptors (Lipinski definition) is 5. The van der Waals surface area contributed by atoms with Crippen LogP contribution in [-0.2, 0) is 9.53 Å². The molecule has 3 heterocycles. The molecule has 1 aromatic heterocycles. The van der Waals surface area contributed by atoms with Gasteiger partial charge in [-0.1, -0.05) is 12.1 Å². The zero-order valence-electron chi connectivity index (χ0n) is 16.6. The monoisotopic (exact) mass is 399 g/mol. The van der Waals surface area contributed by atoms with Gasteiger partial charge in [0.25, 0.3) is 0 Å². The Hall–Kier alpha value is -2.54. The van der Waals surface area contributed by atoms with Crippen LogP contribution in [0.2, 0.25) is 0 Å². The second kappa shape index (κ2) is 8.86. The van der Waals surface area contributed by atoms with Crippen LogP contribution < -0.4 is 4.74 Å². The third kappa shape index (κ3) is 4.56. The van der Waals surface area contributed by atoms with Crippen molar-refractivity contribution in [1.29, 1.82) is 0 Å². The summed E-state index contributed by atoms with van der Waals surface area (Å²) in [5.41, 5.74) is 0.727. The van der Waals surface area contributed by atoms with Crippen LogP contribution in [0.5, 0.6) is 11.6 Å². The highest BCUT2D eigenvalue weighted by Crippen LogP contribution is 2.33. The minimum Gasteiger partial charge on any atom is -0.436 e. The minimum atomic E-state index is -0.445. The van der Waals surface area contributed by atoms with E-state index in [1.165, 1.54) is 6.07 Å². The molecule has 0 unspecified atom stereocenters. The lowest BCUT2D eigenvalue weighted by Gasteiger charge is -2.37. The van der Waals surface area contributed by atoms with Crippen molar-refractivity contribution in [3.05, 3.63) is 47.7 Å². The average Bonchev–Trinajstić information content (AvgIpc) is 2.75. The van der Waals surface area contributed by atoms with Gasteiger partial charge in [0, 0.05) is 37.4 Å². The summed E-state index contributed by atoms with van der Waals surface area (Å²) >= 11 is 0. The fourth-order valence-electron chi connectivity index (χ4n) is 4.05. The van der Waals surface area contributed by atoms with Crippen molar-refractivity contribution in [1.82, 2.24) is 14.9 Å². The number of piperidine rings is 1. The topological polar surface area (TPSA) is 64.5 Å². The van der Waals surface area contributed by atoms with Crippen LogP contribution >= 0.6 is 0 Å². The maximum Gasteiger partial charge on any atom is 0.226 e. The molecular weight excluding hydrogens is 373 g/mol. The first-order chi connectivity index (χ1) is 14.1. The predicted octanol–water partition coefficient (Wildman–Crippen LogP) is 4.20. The van der Waals surface area contributed by atoms with Crippen molar-refractivity contribution in [2.45, 2.75) is 45.1 Å². The number of carbonyl (C=O) groups is 1. The minimum absolute atomic E-state index is 0.00305. The molecule has 2 fully saturated rings. The van der Waals surface area contributed by atoms with Crippen LogP contribution in [0.15, 0.2) is 30.3 Å². The number of carbonyl (C=O) groups excluding carboxylic acids is 1. The molecule has 29 heavy (non-hydrogen) atoms. The Morgan fingerprint density at radius 2 is 1.97 bits per heavy atom. The summed E-state index contributed by atoms with van der Waals surface area (Å²) in [5, 5.41) is 0. The molecular formula is C22H26FN3O3. The average molecular weight is 399 g/mol. The van der Waals surface area contributed by atoms with E-state index in [9.17, 15) is 9.18 Å². The van der Waals surface area contributed by atoms with E-state index in [4.69, 9.17) is 9.47 Å².